The molecule has 1 atom stereocenters. The van der Waals surface area contributed by atoms with E-state index in [1.807, 2.05) is 24.3 Å². The van der Waals surface area contributed by atoms with Gasteiger partial charge >= 0.3 is 0 Å². The van der Waals surface area contributed by atoms with E-state index in [9.17, 15) is 0 Å². The van der Waals surface area contributed by atoms with Crippen molar-refractivity contribution in [3.05, 3.63) is 24.3 Å². The van der Waals surface area contributed by atoms with Crippen molar-refractivity contribution in [1.29, 1.82) is 0 Å². The molecule has 0 aliphatic carbocycles. The highest BCUT2D eigenvalue weighted by molar-refractivity contribution is 5.32. The van der Waals surface area contributed by atoms with Crippen LogP contribution in [0.4, 0.5) is 0 Å². The monoisotopic (exact) mass is 324 g/mol. The minimum atomic E-state index is 0.529. The third-order valence-corrected chi connectivity index (χ3v) is 3.81. The third-order valence-electron chi connectivity index (χ3n) is 3.81. The van der Waals surface area contributed by atoms with E-state index in [4.69, 9.17) is 18.9 Å². The van der Waals surface area contributed by atoms with Gasteiger partial charge in [-0.15, -0.1) is 0 Å². The highest BCUT2D eigenvalue weighted by Crippen LogP contribution is 2.18. The third kappa shape index (κ3) is 9.47. The molecule has 0 aliphatic heterocycles. The summed E-state index contributed by atoms with van der Waals surface area (Å²) in [5, 5.41) is 0. The highest BCUT2D eigenvalue weighted by atomic mass is 16.5. The highest BCUT2D eigenvalue weighted by Gasteiger charge is 2.05. The van der Waals surface area contributed by atoms with Crippen molar-refractivity contribution in [2.45, 2.75) is 39.5 Å². The van der Waals surface area contributed by atoms with E-state index in [1.165, 1.54) is 25.7 Å². The van der Waals surface area contributed by atoms with Crippen molar-refractivity contribution in [3.8, 4) is 11.5 Å². The second-order valence-corrected chi connectivity index (χ2v) is 5.63. The fourth-order valence-electron chi connectivity index (χ4n) is 2.28. The molecule has 0 saturated carbocycles. The summed E-state index contributed by atoms with van der Waals surface area (Å²) >= 11 is 0. The van der Waals surface area contributed by atoms with Gasteiger partial charge in [-0.3, -0.25) is 0 Å². The van der Waals surface area contributed by atoms with Crippen molar-refractivity contribution in [2.75, 3.05) is 40.1 Å². The lowest BCUT2D eigenvalue weighted by atomic mass is 10.0. The van der Waals surface area contributed by atoms with Gasteiger partial charge in [0.05, 0.1) is 26.9 Å². The van der Waals surface area contributed by atoms with Crippen LogP contribution in [0.15, 0.2) is 24.3 Å². The molecule has 1 unspecified atom stereocenters. The Balaban J connectivity index is 1.98. The Morgan fingerprint density at radius 1 is 0.957 bits per heavy atom. The molecular weight excluding hydrogens is 292 g/mol. The molecule has 0 spiro atoms. The predicted molar refractivity (Wildman–Crippen MR) is 93.4 cm³/mol. The van der Waals surface area contributed by atoms with Crippen LogP contribution in [0.5, 0.6) is 11.5 Å². The van der Waals surface area contributed by atoms with Crippen molar-refractivity contribution in [3.63, 3.8) is 0 Å². The Hall–Kier alpha value is -1.26. The first-order valence-corrected chi connectivity index (χ1v) is 8.72. The molecule has 23 heavy (non-hydrogen) atoms. The number of hydrogen-bond donors (Lipinski definition) is 0. The van der Waals surface area contributed by atoms with Crippen molar-refractivity contribution < 1.29 is 18.9 Å². The van der Waals surface area contributed by atoms with Crippen LogP contribution in [-0.4, -0.2) is 40.1 Å². The van der Waals surface area contributed by atoms with Crippen LogP contribution in [0.3, 0.4) is 0 Å². The quantitative estimate of drug-likeness (QED) is 0.478. The molecule has 1 rings (SSSR count). The van der Waals surface area contributed by atoms with Gasteiger partial charge in [0.15, 0.2) is 0 Å². The van der Waals surface area contributed by atoms with Gasteiger partial charge in [-0.25, -0.2) is 0 Å². The van der Waals surface area contributed by atoms with Gasteiger partial charge in [0, 0.05) is 12.7 Å². The molecule has 132 valence electrons. The van der Waals surface area contributed by atoms with Gasteiger partial charge in [0.25, 0.3) is 0 Å². The minimum absolute atomic E-state index is 0.529. The molecule has 0 radical (unpaired) electrons. The number of rotatable bonds is 14. The molecular formula is C19H32O4. The van der Waals surface area contributed by atoms with E-state index >= 15 is 0 Å². The van der Waals surface area contributed by atoms with E-state index in [0.717, 1.165) is 18.1 Å². The summed E-state index contributed by atoms with van der Waals surface area (Å²) in [6.45, 7) is 7.67. The Morgan fingerprint density at radius 3 is 2.43 bits per heavy atom. The molecule has 1 aromatic rings. The van der Waals surface area contributed by atoms with Crippen LogP contribution < -0.4 is 9.47 Å². The van der Waals surface area contributed by atoms with E-state index in [0.29, 0.717) is 32.3 Å². The van der Waals surface area contributed by atoms with E-state index < -0.39 is 0 Å². The Bertz CT molecular complexity index is 395. The van der Waals surface area contributed by atoms with Gasteiger partial charge in [-0.2, -0.15) is 0 Å². The van der Waals surface area contributed by atoms with Gasteiger partial charge in [-0.1, -0.05) is 39.2 Å². The second kappa shape index (κ2) is 13.2. The smallest absolute Gasteiger partial charge is 0.123 e. The van der Waals surface area contributed by atoms with E-state index in [1.54, 1.807) is 7.11 Å². The fraction of sp³-hybridized carbons (Fsp3) is 0.684. The van der Waals surface area contributed by atoms with Crippen LogP contribution in [0.1, 0.15) is 39.5 Å². The largest absolute Gasteiger partial charge is 0.497 e. The van der Waals surface area contributed by atoms with Gasteiger partial charge in [-0.05, 0) is 24.5 Å². The Labute approximate surface area is 141 Å². The average Bonchev–Trinajstić information content (AvgIpc) is 2.60. The Kier molecular flexibility index (Phi) is 11.4. The standard InChI is InChI=1S/C19H32O4/c1-4-6-8-17(5-2)16-22-12-11-21-13-14-23-19-10-7-9-18(15-19)20-3/h7,9-10,15,17H,4-6,8,11-14,16H2,1-3H3. The summed E-state index contributed by atoms with van der Waals surface area (Å²) in [5.74, 6) is 2.28. The van der Waals surface area contributed by atoms with Crippen LogP contribution in [0.25, 0.3) is 0 Å². The van der Waals surface area contributed by atoms with Crippen LogP contribution in [0, 0.1) is 5.92 Å². The van der Waals surface area contributed by atoms with Crippen molar-refractivity contribution in [2.24, 2.45) is 5.92 Å². The molecule has 0 bridgehead atoms. The molecule has 0 saturated heterocycles. The number of benzene rings is 1. The first-order chi connectivity index (χ1) is 11.3. The van der Waals surface area contributed by atoms with Gasteiger partial charge < -0.3 is 18.9 Å². The lowest BCUT2D eigenvalue weighted by Crippen LogP contribution is -2.14. The molecule has 1 aromatic carbocycles. The van der Waals surface area contributed by atoms with E-state index in [-0.39, 0.29) is 0 Å². The number of methoxy groups -OCH3 is 1. The minimum Gasteiger partial charge on any atom is -0.497 e. The van der Waals surface area contributed by atoms with Crippen molar-refractivity contribution in [1.82, 2.24) is 0 Å². The topological polar surface area (TPSA) is 36.9 Å². The molecule has 0 aliphatic rings. The summed E-state index contributed by atoms with van der Waals surface area (Å²) in [6.07, 6.45) is 5.00. The summed E-state index contributed by atoms with van der Waals surface area (Å²) in [7, 11) is 1.65. The summed E-state index contributed by atoms with van der Waals surface area (Å²) in [5.41, 5.74) is 0. The average molecular weight is 324 g/mol. The maximum absolute atomic E-state index is 5.70. The molecule has 0 heterocycles. The molecule has 0 aromatic heterocycles. The maximum Gasteiger partial charge on any atom is 0.123 e. The lowest BCUT2D eigenvalue weighted by molar-refractivity contribution is 0.0228. The van der Waals surface area contributed by atoms with Crippen molar-refractivity contribution >= 4 is 0 Å². The van der Waals surface area contributed by atoms with Crippen LogP contribution in [0.2, 0.25) is 0 Å². The molecule has 4 heteroatoms. The predicted octanol–water partition coefficient (Wildman–Crippen LogP) is 4.32. The zero-order valence-electron chi connectivity index (χ0n) is 14.9. The SMILES string of the molecule is CCCCC(CC)COCCOCCOc1cccc(OC)c1. The van der Waals surface area contributed by atoms with Crippen LogP contribution >= 0.6 is 0 Å². The lowest BCUT2D eigenvalue weighted by Gasteiger charge is -2.14. The second-order valence-electron chi connectivity index (χ2n) is 5.63. The molecule has 0 fully saturated rings. The number of hydrogen-bond acceptors (Lipinski definition) is 4. The van der Waals surface area contributed by atoms with E-state index in [2.05, 4.69) is 13.8 Å². The first-order valence-electron chi connectivity index (χ1n) is 8.72. The normalized spacial score (nSPS) is 12.1. The van der Waals surface area contributed by atoms with Gasteiger partial charge in [0.2, 0.25) is 0 Å². The summed E-state index contributed by atoms with van der Waals surface area (Å²) < 4.78 is 22.0. The Morgan fingerprint density at radius 2 is 1.70 bits per heavy atom. The maximum atomic E-state index is 5.70. The van der Waals surface area contributed by atoms with Gasteiger partial charge in [0.1, 0.15) is 18.1 Å². The molecule has 0 amide bonds. The number of ether oxygens (including phenoxy) is 4. The molecule has 0 N–H and O–H groups in total. The zero-order chi connectivity index (χ0) is 16.8. The molecule has 4 nitrogen and oxygen atoms in total. The summed E-state index contributed by atoms with van der Waals surface area (Å²) in [4.78, 5) is 0. The summed E-state index contributed by atoms with van der Waals surface area (Å²) in [6, 6.07) is 7.58. The first kappa shape index (κ1) is 19.8. The fourth-order valence-corrected chi connectivity index (χ4v) is 2.28. The zero-order valence-corrected chi connectivity index (χ0v) is 14.9. The van der Waals surface area contributed by atoms with Crippen LogP contribution in [-0.2, 0) is 9.47 Å². The number of unbranched alkanes of at least 4 members (excludes halogenated alkanes) is 1.